The Balaban J connectivity index is 2.10. The summed E-state index contributed by atoms with van der Waals surface area (Å²) in [5, 5.41) is 6.77. The molecule has 2 aromatic rings. The van der Waals surface area contributed by atoms with Crippen molar-refractivity contribution in [2.75, 3.05) is 13.1 Å². The van der Waals surface area contributed by atoms with Crippen molar-refractivity contribution in [3.05, 3.63) is 45.4 Å². The molecule has 0 radical (unpaired) electrons. The molecular formula is C11H9FN4OS. The quantitative estimate of drug-likeness (QED) is 0.391. The van der Waals surface area contributed by atoms with E-state index in [0.717, 1.165) is 10.1 Å². The van der Waals surface area contributed by atoms with Crippen LogP contribution in [0.4, 0.5) is 4.39 Å². The number of halogens is 1. The lowest BCUT2D eigenvalue weighted by molar-refractivity contribution is 0.0959. The molecule has 0 aliphatic heterocycles. The number of hydrogen-bond donors (Lipinski definition) is 1. The minimum absolute atomic E-state index is 0.210. The minimum atomic E-state index is -0.320. The van der Waals surface area contributed by atoms with Gasteiger partial charge in [-0.2, -0.15) is 0 Å². The van der Waals surface area contributed by atoms with E-state index in [9.17, 15) is 9.18 Å². The van der Waals surface area contributed by atoms with E-state index in [2.05, 4.69) is 15.3 Å². The maximum absolute atomic E-state index is 13.0. The first kappa shape index (κ1) is 12.3. The molecule has 1 N–H and O–H groups in total. The Morgan fingerprint density at radius 1 is 1.50 bits per heavy atom. The fourth-order valence-electron chi connectivity index (χ4n) is 1.47. The fourth-order valence-corrected chi connectivity index (χ4v) is 2.47. The first-order valence-electron chi connectivity index (χ1n) is 5.19. The van der Waals surface area contributed by atoms with Gasteiger partial charge in [-0.1, -0.05) is 11.2 Å². The van der Waals surface area contributed by atoms with Crippen molar-refractivity contribution in [1.82, 2.24) is 5.32 Å². The number of hydrogen-bond acceptors (Lipinski definition) is 3. The Bertz CT molecular complexity index is 633. The lowest BCUT2D eigenvalue weighted by Crippen LogP contribution is -2.24. The van der Waals surface area contributed by atoms with Gasteiger partial charge in [-0.3, -0.25) is 4.79 Å². The van der Waals surface area contributed by atoms with Crippen LogP contribution in [0, 0.1) is 5.82 Å². The van der Waals surface area contributed by atoms with Crippen LogP contribution in [0.3, 0.4) is 0 Å². The van der Waals surface area contributed by atoms with E-state index >= 15 is 0 Å². The van der Waals surface area contributed by atoms with Crippen molar-refractivity contribution >= 4 is 27.3 Å². The number of fused-ring (bicyclic) bond motifs is 1. The number of amides is 1. The molecule has 1 amide bonds. The van der Waals surface area contributed by atoms with Gasteiger partial charge < -0.3 is 5.32 Å². The smallest absolute Gasteiger partial charge is 0.261 e. The van der Waals surface area contributed by atoms with Gasteiger partial charge in [0.15, 0.2) is 0 Å². The summed E-state index contributed by atoms with van der Waals surface area (Å²) in [6, 6.07) is 6.11. The van der Waals surface area contributed by atoms with Crippen LogP contribution in [0.2, 0.25) is 0 Å². The molecule has 0 fully saturated rings. The van der Waals surface area contributed by atoms with E-state index < -0.39 is 0 Å². The highest BCUT2D eigenvalue weighted by atomic mass is 32.1. The first-order valence-corrected chi connectivity index (χ1v) is 6.00. The SMILES string of the molecule is [N-]=[N+]=NCCNC(=O)c1cc2ccc(F)cc2s1. The van der Waals surface area contributed by atoms with Crippen LogP contribution in [-0.2, 0) is 0 Å². The fraction of sp³-hybridized carbons (Fsp3) is 0.182. The second kappa shape index (κ2) is 5.48. The number of carbonyl (C=O) groups is 1. The predicted molar refractivity (Wildman–Crippen MR) is 68.1 cm³/mol. The molecule has 0 atom stereocenters. The highest BCUT2D eigenvalue weighted by molar-refractivity contribution is 7.20. The molecule has 7 heteroatoms. The number of nitrogens with zero attached hydrogens (tertiary/aromatic N) is 3. The van der Waals surface area contributed by atoms with Crippen molar-refractivity contribution in [2.24, 2.45) is 5.11 Å². The molecule has 0 saturated heterocycles. The molecule has 0 aliphatic carbocycles. The lowest BCUT2D eigenvalue weighted by Gasteiger charge is -1.98. The number of benzene rings is 1. The van der Waals surface area contributed by atoms with Crippen LogP contribution in [0.15, 0.2) is 29.4 Å². The van der Waals surface area contributed by atoms with Gasteiger partial charge in [0.2, 0.25) is 0 Å². The van der Waals surface area contributed by atoms with E-state index in [0.29, 0.717) is 4.88 Å². The van der Waals surface area contributed by atoms with Gasteiger partial charge in [0.05, 0.1) is 4.88 Å². The summed E-state index contributed by atoms with van der Waals surface area (Å²) in [7, 11) is 0. The molecular weight excluding hydrogens is 255 g/mol. The summed E-state index contributed by atoms with van der Waals surface area (Å²) >= 11 is 1.23. The van der Waals surface area contributed by atoms with Gasteiger partial charge in [-0.25, -0.2) is 4.39 Å². The summed E-state index contributed by atoms with van der Waals surface area (Å²) in [4.78, 5) is 14.8. The van der Waals surface area contributed by atoms with E-state index in [1.807, 2.05) is 0 Å². The van der Waals surface area contributed by atoms with Gasteiger partial charge in [0.25, 0.3) is 5.91 Å². The molecule has 2 rings (SSSR count). The van der Waals surface area contributed by atoms with Crippen molar-refractivity contribution in [2.45, 2.75) is 0 Å². The minimum Gasteiger partial charge on any atom is -0.351 e. The highest BCUT2D eigenvalue weighted by Gasteiger charge is 2.09. The Morgan fingerprint density at radius 2 is 2.33 bits per heavy atom. The summed E-state index contributed by atoms with van der Waals surface area (Å²) in [6.07, 6.45) is 0. The zero-order valence-electron chi connectivity index (χ0n) is 9.26. The van der Waals surface area contributed by atoms with Crippen LogP contribution >= 0.6 is 11.3 Å². The zero-order valence-corrected chi connectivity index (χ0v) is 10.1. The first-order chi connectivity index (χ1) is 8.70. The van der Waals surface area contributed by atoms with Crippen molar-refractivity contribution < 1.29 is 9.18 Å². The van der Waals surface area contributed by atoms with Crippen molar-refractivity contribution in [1.29, 1.82) is 0 Å². The largest absolute Gasteiger partial charge is 0.351 e. The second-order valence-corrected chi connectivity index (χ2v) is 4.59. The molecule has 0 aliphatic rings. The molecule has 18 heavy (non-hydrogen) atoms. The van der Waals surface area contributed by atoms with Gasteiger partial charge in [-0.05, 0) is 29.1 Å². The standard InChI is InChI=1S/C11H9FN4OS/c12-8-2-1-7-5-10(18-9(7)6-8)11(17)14-3-4-15-16-13/h1-2,5-6H,3-4H2,(H,14,17). The number of carbonyl (C=O) groups excluding carboxylic acids is 1. The van der Waals surface area contributed by atoms with Crippen LogP contribution in [0.1, 0.15) is 9.67 Å². The van der Waals surface area contributed by atoms with E-state index in [-0.39, 0.29) is 24.8 Å². The van der Waals surface area contributed by atoms with Gasteiger partial charge in [-0.15, -0.1) is 11.3 Å². The van der Waals surface area contributed by atoms with Gasteiger partial charge in [0, 0.05) is 22.7 Å². The number of thiophene rings is 1. The summed E-state index contributed by atoms with van der Waals surface area (Å²) in [6.45, 7) is 0.493. The molecule has 0 spiro atoms. The summed E-state index contributed by atoms with van der Waals surface area (Å²) in [5.41, 5.74) is 8.08. The highest BCUT2D eigenvalue weighted by Crippen LogP contribution is 2.26. The topological polar surface area (TPSA) is 77.9 Å². The molecule has 92 valence electrons. The van der Waals surface area contributed by atoms with E-state index in [1.165, 1.54) is 23.5 Å². The van der Waals surface area contributed by atoms with Gasteiger partial charge in [0.1, 0.15) is 5.82 Å². The Kier molecular flexibility index (Phi) is 3.76. The summed E-state index contributed by atoms with van der Waals surface area (Å²) in [5.74, 6) is -0.565. The average molecular weight is 264 g/mol. The van der Waals surface area contributed by atoms with Crippen LogP contribution in [-0.4, -0.2) is 19.0 Å². The van der Waals surface area contributed by atoms with Crippen molar-refractivity contribution in [3.63, 3.8) is 0 Å². The normalized spacial score (nSPS) is 10.1. The van der Waals surface area contributed by atoms with Crippen LogP contribution in [0.25, 0.3) is 20.5 Å². The maximum Gasteiger partial charge on any atom is 0.261 e. The van der Waals surface area contributed by atoms with Crippen LogP contribution < -0.4 is 5.32 Å². The molecule has 0 unspecified atom stereocenters. The molecule has 1 aromatic heterocycles. The van der Waals surface area contributed by atoms with Crippen LogP contribution in [0.5, 0.6) is 0 Å². The molecule has 5 nitrogen and oxygen atoms in total. The van der Waals surface area contributed by atoms with Crippen molar-refractivity contribution in [3.8, 4) is 0 Å². The third-order valence-electron chi connectivity index (χ3n) is 2.27. The number of azide groups is 1. The lowest BCUT2D eigenvalue weighted by atomic mass is 10.2. The number of nitrogens with one attached hydrogen (secondary N) is 1. The molecule has 1 heterocycles. The molecule has 0 bridgehead atoms. The predicted octanol–water partition coefficient (Wildman–Crippen LogP) is 3.08. The maximum atomic E-state index is 13.0. The number of rotatable bonds is 4. The van der Waals surface area contributed by atoms with Gasteiger partial charge >= 0.3 is 0 Å². The third kappa shape index (κ3) is 2.77. The van der Waals surface area contributed by atoms with E-state index in [1.54, 1.807) is 12.1 Å². The molecule has 0 saturated carbocycles. The Hall–Kier alpha value is -2.11. The Morgan fingerprint density at radius 3 is 3.11 bits per heavy atom. The monoisotopic (exact) mass is 264 g/mol. The average Bonchev–Trinajstić information content (AvgIpc) is 2.77. The third-order valence-corrected chi connectivity index (χ3v) is 3.36. The Labute approximate surface area is 106 Å². The second-order valence-electron chi connectivity index (χ2n) is 3.50. The zero-order chi connectivity index (χ0) is 13.0. The molecule has 1 aromatic carbocycles. The van der Waals surface area contributed by atoms with E-state index in [4.69, 9.17) is 5.53 Å². The summed E-state index contributed by atoms with van der Waals surface area (Å²) < 4.78 is 13.7.